The summed E-state index contributed by atoms with van der Waals surface area (Å²) in [5.74, 6) is -2.94. The van der Waals surface area contributed by atoms with E-state index < -0.39 is 41.8 Å². The molecule has 0 aromatic carbocycles. The van der Waals surface area contributed by atoms with Gasteiger partial charge in [0, 0.05) is 5.75 Å². The molecule has 3 amide bonds. The van der Waals surface area contributed by atoms with Gasteiger partial charge in [0.05, 0.1) is 12.6 Å². The molecule has 0 aromatic rings. The van der Waals surface area contributed by atoms with E-state index in [1.165, 1.54) is 0 Å². The van der Waals surface area contributed by atoms with Crippen molar-refractivity contribution in [2.45, 2.75) is 57.7 Å². The minimum absolute atomic E-state index is 0.131. The molecule has 10 nitrogen and oxygen atoms in total. The molecule has 0 bridgehead atoms. The van der Waals surface area contributed by atoms with Crippen LogP contribution < -0.4 is 27.4 Å². The average Bonchev–Trinajstić information content (AvgIpc) is 2.67. The molecule has 8 N–H and O–H groups in total. The van der Waals surface area contributed by atoms with Crippen molar-refractivity contribution in [1.29, 1.82) is 0 Å². The molecule has 0 spiro atoms. The third-order valence-corrected chi connectivity index (χ3v) is 4.72. The molecule has 0 aliphatic carbocycles. The molecule has 4 unspecified atom stereocenters. The fourth-order valence-corrected chi connectivity index (χ4v) is 2.49. The van der Waals surface area contributed by atoms with Crippen LogP contribution in [-0.2, 0) is 19.2 Å². The number of unbranched alkanes of at least 4 members (excludes halogenated alkanes) is 1. The van der Waals surface area contributed by atoms with E-state index >= 15 is 0 Å². The molecule has 4 atom stereocenters. The predicted molar refractivity (Wildman–Crippen MR) is 109 cm³/mol. The van der Waals surface area contributed by atoms with Crippen molar-refractivity contribution in [1.82, 2.24) is 16.0 Å². The fourth-order valence-electron chi connectivity index (χ4n) is 2.32. The zero-order chi connectivity index (χ0) is 21.7. The number of carboxylic acids is 1. The Labute approximate surface area is 171 Å². The summed E-state index contributed by atoms with van der Waals surface area (Å²) in [6.07, 6.45) is 2.04. The summed E-state index contributed by atoms with van der Waals surface area (Å²) in [7, 11) is 0. The molecular weight excluding hydrogens is 386 g/mol. The number of carboxylic acid groups (broad SMARTS) is 1. The summed E-state index contributed by atoms with van der Waals surface area (Å²) in [5, 5.41) is 16.7. The van der Waals surface area contributed by atoms with Gasteiger partial charge in [-0.25, -0.2) is 4.79 Å². The van der Waals surface area contributed by atoms with Gasteiger partial charge < -0.3 is 32.5 Å². The van der Waals surface area contributed by atoms with Crippen LogP contribution in [0.3, 0.4) is 0 Å². The summed E-state index contributed by atoms with van der Waals surface area (Å²) >= 11 is 3.91. The predicted octanol–water partition coefficient (Wildman–Crippen LogP) is -1.41. The van der Waals surface area contributed by atoms with Crippen LogP contribution in [0, 0.1) is 5.92 Å². The van der Waals surface area contributed by atoms with Gasteiger partial charge in [-0.2, -0.15) is 12.6 Å². The second-order valence-corrected chi connectivity index (χ2v) is 6.99. The molecule has 0 heterocycles. The van der Waals surface area contributed by atoms with Crippen molar-refractivity contribution in [2.75, 3.05) is 18.8 Å². The van der Waals surface area contributed by atoms with E-state index in [1.54, 1.807) is 6.92 Å². The Balaban J connectivity index is 4.90. The molecule has 0 saturated heterocycles. The number of rotatable bonds is 14. The topological polar surface area (TPSA) is 177 Å². The van der Waals surface area contributed by atoms with Gasteiger partial charge >= 0.3 is 5.97 Å². The number of carbonyl (C=O) groups excluding carboxylic acids is 3. The Morgan fingerprint density at radius 3 is 2.25 bits per heavy atom. The van der Waals surface area contributed by atoms with Crippen molar-refractivity contribution in [3.63, 3.8) is 0 Å². The van der Waals surface area contributed by atoms with Crippen molar-refractivity contribution in [2.24, 2.45) is 17.4 Å². The number of nitrogens with one attached hydrogen (secondary N) is 3. The molecule has 0 aliphatic rings. The minimum atomic E-state index is -1.15. The number of amides is 3. The molecule has 0 saturated carbocycles. The van der Waals surface area contributed by atoms with Crippen LogP contribution in [0.4, 0.5) is 0 Å². The number of thiol groups is 1. The van der Waals surface area contributed by atoms with Crippen LogP contribution in [0.25, 0.3) is 0 Å². The Bertz CT molecular complexity index is 534. The summed E-state index contributed by atoms with van der Waals surface area (Å²) in [6, 6.07) is -2.82. The second kappa shape index (κ2) is 14.2. The number of hydrogen-bond acceptors (Lipinski definition) is 7. The lowest BCUT2D eigenvalue weighted by molar-refractivity contribution is -0.142. The lowest BCUT2D eigenvalue weighted by atomic mass is 9.97. The molecular formula is C17H33N5O5S. The maximum atomic E-state index is 12.6. The first kappa shape index (κ1) is 26.1. The summed E-state index contributed by atoms with van der Waals surface area (Å²) < 4.78 is 0. The summed E-state index contributed by atoms with van der Waals surface area (Å²) in [4.78, 5) is 47.7. The highest BCUT2D eigenvalue weighted by Crippen LogP contribution is 2.09. The first-order chi connectivity index (χ1) is 13.2. The Kier molecular flexibility index (Phi) is 13.3. The molecule has 162 valence electrons. The first-order valence-corrected chi connectivity index (χ1v) is 9.97. The molecule has 0 aromatic heterocycles. The highest BCUT2D eigenvalue weighted by molar-refractivity contribution is 7.80. The van der Waals surface area contributed by atoms with Gasteiger partial charge in [0.15, 0.2) is 0 Å². The highest BCUT2D eigenvalue weighted by atomic mass is 32.1. The van der Waals surface area contributed by atoms with Crippen molar-refractivity contribution in [3.05, 3.63) is 0 Å². The molecule has 0 aliphatic heterocycles. The SMILES string of the molecule is CCC(C)C(NC(=O)CNC(=O)C(N)CS)C(=O)NC(CCCCN)C(=O)O. The number of aliphatic carboxylic acids is 1. The Morgan fingerprint density at radius 2 is 1.75 bits per heavy atom. The smallest absolute Gasteiger partial charge is 0.326 e. The standard InChI is InChI=1S/C17H33N5O5S/c1-3-10(2)14(22-13(23)8-20-15(24)11(19)9-28)16(25)21-12(17(26)27)6-4-5-7-18/h10-12,14,28H,3-9,18-19H2,1-2H3,(H,20,24)(H,21,25)(H,22,23)(H,26,27). The number of hydrogen-bond donors (Lipinski definition) is 7. The van der Waals surface area contributed by atoms with Gasteiger partial charge in [-0.1, -0.05) is 20.3 Å². The fraction of sp³-hybridized carbons (Fsp3) is 0.765. The summed E-state index contributed by atoms with van der Waals surface area (Å²) in [6.45, 7) is 3.71. The maximum absolute atomic E-state index is 12.6. The third-order valence-electron chi connectivity index (χ3n) is 4.33. The molecule has 28 heavy (non-hydrogen) atoms. The van der Waals surface area contributed by atoms with E-state index in [1.807, 2.05) is 6.92 Å². The first-order valence-electron chi connectivity index (χ1n) is 9.34. The quantitative estimate of drug-likeness (QED) is 0.134. The average molecular weight is 420 g/mol. The van der Waals surface area contributed by atoms with Crippen molar-refractivity contribution >= 4 is 36.3 Å². The van der Waals surface area contributed by atoms with E-state index in [4.69, 9.17) is 11.5 Å². The molecule has 0 rings (SSSR count). The molecule has 0 radical (unpaired) electrons. The van der Waals surface area contributed by atoms with Crippen LogP contribution in [0.1, 0.15) is 39.5 Å². The van der Waals surface area contributed by atoms with Crippen LogP contribution in [0.5, 0.6) is 0 Å². The van der Waals surface area contributed by atoms with Crippen molar-refractivity contribution < 1.29 is 24.3 Å². The molecule has 0 fully saturated rings. The van der Waals surface area contributed by atoms with Crippen LogP contribution in [-0.4, -0.2) is 65.8 Å². The van der Waals surface area contributed by atoms with E-state index in [-0.39, 0.29) is 24.6 Å². The zero-order valence-electron chi connectivity index (χ0n) is 16.4. The van der Waals surface area contributed by atoms with E-state index in [0.717, 1.165) is 0 Å². The third kappa shape index (κ3) is 9.90. The highest BCUT2D eigenvalue weighted by Gasteiger charge is 2.29. The van der Waals surface area contributed by atoms with Gasteiger partial charge in [-0.05, 0) is 31.7 Å². The van der Waals surface area contributed by atoms with Gasteiger partial charge in [-0.15, -0.1) is 0 Å². The van der Waals surface area contributed by atoms with Gasteiger partial charge in [0.1, 0.15) is 12.1 Å². The number of carbonyl (C=O) groups is 4. The Hall–Kier alpha value is -1.85. The summed E-state index contributed by atoms with van der Waals surface area (Å²) in [5.41, 5.74) is 10.9. The van der Waals surface area contributed by atoms with Crippen molar-refractivity contribution in [3.8, 4) is 0 Å². The minimum Gasteiger partial charge on any atom is -0.480 e. The van der Waals surface area contributed by atoms with Crippen LogP contribution in [0.15, 0.2) is 0 Å². The normalized spacial score (nSPS) is 15.0. The van der Waals surface area contributed by atoms with E-state index in [2.05, 4.69) is 28.6 Å². The Morgan fingerprint density at radius 1 is 1.11 bits per heavy atom. The van der Waals surface area contributed by atoms with Gasteiger partial charge in [0.25, 0.3) is 0 Å². The molecule has 11 heteroatoms. The largest absolute Gasteiger partial charge is 0.480 e. The van der Waals surface area contributed by atoms with Gasteiger partial charge in [0.2, 0.25) is 17.7 Å². The van der Waals surface area contributed by atoms with E-state index in [0.29, 0.717) is 25.8 Å². The second-order valence-electron chi connectivity index (χ2n) is 6.62. The van der Waals surface area contributed by atoms with E-state index in [9.17, 15) is 24.3 Å². The monoisotopic (exact) mass is 419 g/mol. The van der Waals surface area contributed by atoms with Crippen LogP contribution in [0.2, 0.25) is 0 Å². The zero-order valence-corrected chi connectivity index (χ0v) is 17.3. The maximum Gasteiger partial charge on any atom is 0.326 e. The lowest BCUT2D eigenvalue weighted by Gasteiger charge is -2.25. The van der Waals surface area contributed by atoms with Crippen LogP contribution >= 0.6 is 12.6 Å². The number of nitrogens with two attached hydrogens (primary N) is 2. The van der Waals surface area contributed by atoms with Gasteiger partial charge in [-0.3, -0.25) is 14.4 Å². The lowest BCUT2D eigenvalue weighted by Crippen LogP contribution is -2.55.